The van der Waals surface area contributed by atoms with Gasteiger partial charge in [0, 0.05) is 47.4 Å². The van der Waals surface area contributed by atoms with Crippen molar-refractivity contribution in [3.05, 3.63) is 60.7 Å². The molecule has 2 aromatic heterocycles. The van der Waals surface area contributed by atoms with Crippen LogP contribution in [0.4, 0.5) is 49.4 Å². The minimum Gasteiger partial charge on any atom is -0.475 e. The lowest BCUT2D eigenvalue weighted by Gasteiger charge is -2.12. The van der Waals surface area contributed by atoms with Crippen molar-refractivity contribution in [1.82, 2.24) is 9.97 Å². The van der Waals surface area contributed by atoms with Crippen LogP contribution in [-0.2, 0) is 9.59 Å². The number of halogens is 6. The number of carbonyl (C=O) groups is 2. The molecule has 0 spiro atoms. The van der Waals surface area contributed by atoms with Crippen molar-refractivity contribution in [2.45, 2.75) is 31.6 Å². The molecule has 0 unspecified atom stereocenters. The maximum absolute atomic E-state index is 10.6. The van der Waals surface area contributed by atoms with Gasteiger partial charge < -0.3 is 32.3 Å². The third-order valence-electron chi connectivity index (χ3n) is 5.44. The van der Waals surface area contributed by atoms with Crippen LogP contribution in [0.2, 0.25) is 0 Å². The van der Waals surface area contributed by atoms with Gasteiger partial charge in [-0.3, -0.25) is 0 Å². The molecule has 10 nitrogen and oxygen atoms in total. The van der Waals surface area contributed by atoms with Gasteiger partial charge in [0.05, 0.1) is 11.0 Å². The molecular weight excluding hydrogens is 586 g/mol. The van der Waals surface area contributed by atoms with E-state index in [4.69, 9.17) is 31.3 Å². The fourth-order valence-corrected chi connectivity index (χ4v) is 3.56. The third kappa shape index (κ3) is 11.4. The summed E-state index contributed by atoms with van der Waals surface area (Å²) in [6, 6.07) is 19.9. The van der Waals surface area contributed by atoms with Crippen LogP contribution in [0.15, 0.2) is 60.7 Å². The highest BCUT2D eigenvalue weighted by molar-refractivity contribution is 5.93. The molecule has 0 saturated heterocycles. The molecule has 4 rings (SSSR count). The summed E-state index contributed by atoms with van der Waals surface area (Å²) in [4.78, 5) is 26.5. The molecule has 0 aliphatic heterocycles. The largest absolute Gasteiger partial charge is 0.490 e. The van der Waals surface area contributed by atoms with E-state index in [-0.39, 0.29) is 0 Å². The Hall–Kier alpha value is -5.02. The number of nitrogen functional groups attached to an aromatic ring is 2. The molecule has 0 saturated carbocycles. The van der Waals surface area contributed by atoms with Gasteiger partial charge in [-0.05, 0) is 31.4 Å². The van der Waals surface area contributed by atoms with Gasteiger partial charge in [0.1, 0.15) is 11.6 Å². The number of carboxylic acid groups (broad SMARTS) is 2. The van der Waals surface area contributed by atoms with Crippen LogP contribution in [0, 0.1) is 0 Å². The zero-order valence-corrected chi connectivity index (χ0v) is 22.3. The van der Waals surface area contributed by atoms with Crippen LogP contribution in [0.5, 0.6) is 0 Å². The number of nitrogens with two attached hydrogens (primary N) is 2. The van der Waals surface area contributed by atoms with Crippen molar-refractivity contribution in [3.63, 3.8) is 0 Å². The Morgan fingerprint density at radius 1 is 0.651 bits per heavy atom. The average molecular weight is 615 g/mol. The van der Waals surface area contributed by atoms with Crippen LogP contribution in [-0.4, -0.2) is 57.6 Å². The number of para-hydroxylation sites is 2. The number of hydrogen-bond acceptors (Lipinski definition) is 8. The fraction of sp³-hybridized carbons (Fsp3) is 0.259. The normalized spacial score (nSPS) is 11.1. The Morgan fingerprint density at radius 2 is 0.977 bits per heavy atom. The molecule has 0 amide bonds. The third-order valence-corrected chi connectivity index (χ3v) is 5.44. The van der Waals surface area contributed by atoms with E-state index in [1.165, 1.54) is 0 Å². The number of alkyl halides is 6. The number of unbranched alkanes of at least 4 members (excludes halogenated alkanes) is 2. The molecule has 232 valence electrons. The van der Waals surface area contributed by atoms with Gasteiger partial charge in [0.25, 0.3) is 0 Å². The van der Waals surface area contributed by atoms with Gasteiger partial charge >= 0.3 is 24.3 Å². The van der Waals surface area contributed by atoms with E-state index in [9.17, 15) is 26.3 Å². The Balaban J connectivity index is 0.000000384. The highest BCUT2D eigenvalue weighted by atomic mass is 19.4. The van der Waals surface area contributed by atoms with Gasteiger partial charge in [-0.25, -0.2) is 19.6 Å². The summed E-state index contributed by atoms with van der Waals surface area (Å²) in [5, 5.41) is 23.5. The highest BCUT2D eigenvalue weighted by Gasteiger charge is 2.38. The highest BCUT2D eigenvalue weighted by Crippen LogP contribution is 2.25. The first kappa shape index (κ1) is 34.2. The van der Waals surface area contributed by atoms with E-state index in [1.54, 1.807) is 0 Å². The van der Waals surface area contributed by atoms with Gasteiger partial charge in [-0.15, -0.1) is 0 Å². The van der Waals surface area contributed by atoms with Crippen molar-refractivity contribution in [3.8, 4) is 0 Å². The van der Waals surface area contributed by atoms with Crippen LogP contribution < -0.4 is 22.1 Å². The summed E-state index contributed by atoms with van der Waals surface area (Å²) in [6.45, 7) is 1.80. The minimum atomic E-state index is -5.08. The van der Waals surface area contributed by atoms with Crippen molar-refractivity contribution < 1.29 is 46.1 Å². The van der Waals surface area contributed by atoms with Crippen molar-refractivity contribution in [2.24, 2.45) is 0 Å². The molecular formula is C27H28F6N6O4. The molecule has 0 bridgehead atoms. The summed E-state index contributed by atoms with van der Waals surface area (Å²) < 4.78 is 63.5. The second-order valence-corrected chi connectivity index (χ2v) is 8.74. The number of anilines is 4. The second kappa shape index (κ2) is 15.3. The summed E-state index contributed by atoms with van der Waals surface area (Å²) in [5.74, 6) is -4.43. The predicted molar refractivity (Wildman–Crippen MR) is 151 cm³/mol. The zero-order chi connectivity index (χ0) is 32.2. The summed E-state index contributed by atoms with van der Waals surface area (Å²) in [5.41, 5.74) is 15.8. The lowest BCUT2D eigenvalue weighted by molar-refractivity contribution is -0.193. The van der Waals surface area contributed by atoms with Crippen molar-refractivity contribution in [2.75, 3.05) is 35.2 Å². The number of benzene rings is 2. The number of nitrogens with zero attached hydrogens (tertiary/aromatic N) is 2. The summed E-state index contributed by atoms with van der Waals surface area (Å²) >= 11 is 0. The van der Waals surface area contributed by atoms with E-state index in [0.29, 0.717) is 11.6 Å². The van der Waals surface area contributed by atoms with Crippen LogP contribution >= 0.6 is 0 Å². The lowest BCUT2D eigenvalue weighted by Crippen LogP contribution is -2.21. The maximum Gasteiger partial charge on any atom is 0.490 e. The summed E-state index contributed by atoms with van der Waals surface area (Å²) in [6.07, 6.45) is -6.88. The van der Waals surface area contributed by atoms with E-state index in [1.807, 2.05) is 48.5 Å². The lowest BCUT2D eigenvalue weighted by atomic mass is 10.1. The molecule has 8 N–H and O–H groups in total. The Bertz CT molecular complexity index is 1420. The van der Waals surface area contributed by atoms with E-state index < -0.39 is 24.3 Å². The van der Waals surface area contributed by atoms with Gasteiger partial charge in [-0.2, -0.15) is 26.3 Å². The maximum atomic E-state index is 10.6. The topological polar surface area (TPSA) is 176 Å². The van der Waals surface area contributed by atoms with Crippen molar-refractivity contribution in [1.29, 1.82) is 0 Å². The Kier molecular flexibility index (Phi) is 12.1. The Morgan fingerprint density at radius 3 is 1.30 bits per heavy atom. The molecule has 43 heavy (non-hydrogen) atoms. The molecule has 2 aromatic carbocycles. The standard InChI is InChI=1S/C23H26N6.2C2HF3O2/c24-22-14-20(16-8-2-4-10-18(16)28-22)26-12-6-1-7-13-27-21-15-23(25)29-19-11-5-3-9-17(19)21;2*3-2(4,5)1(6)7/h2-5,8-11,14-15H,1,6-7,12-13H2,(H3,24,26,28)(H3,25,27,29);2*(H,6,7). The Labute approximate surface area is 240 Å². The molecule has 2 heterocycles. The van der Waals surface area contributed by atoms with Crippen LogP contribution in [0.1, 0.15) is 19.3 Å². The number of rotatable bonds is 8. The molecule has 0 aliphatic carbocycles. The van der Waals surface area contributed by atoms with E-state index in [0.717, 1.165) is 65.5 Å². The second-order valence-electron chi connectivity index (χ2n) is 8.74. The van der Waals surface area contributed by atoms with Gasteiger partial charge in [0.2, 0.25) is 0 Å². The molecule has 0 radical (unpaired) electrons. The van der Waals surface area contributed by atoms with Crippen LogP contribution in [0.25, 0.3) is 21.8 Å². The molecule has 4 aromatic rings. The van der Waals surface area contributed by atoms with Crippen LogP contribution in [0.3, 0.4) is 0 Å². The minimum absolute atomic E-state index is 0.541. The monoisotopic (exact) mass is 614 g/mol. The quantitative estimate of drug-likeness (QED) is 0.103. The molecule has 16 heteroatoms. The number of nitrogens with one attached hydrogen (secondary N) is 2. The first-order chi connectivity index (χ1) is 20.1. The molecule has 0 atom stereocenters. The van der Waals surface area contributed by atoms with Gasteiger partial charge in [0.15, 0.2) is 0 Å². The summed E-state index contributed by atoms with van der Waals surface area (Å²) in [7, 11) is 0. The number of aromatic nitrogens is 2. The van der Waals surface area contributed by atoms with Gasteiger partial charge in [-0.1, -0.05) is 36.4 Å². The number of hydrogen-bond donors (Lipinski definition) is 6. The number of aliphatic carboxylic acids is 2. The number of carboxylic acids is 2. The zero-order valence-electron chi connectivity index (χ0n) is 22.3. The number of fused-ring (bicyclic) bond motifs is 2. The SMILES string of the molecule is Nc1cc(NCCCCCNc2cc(N)nc3ccccc23)c2ccccc2n1.O=C(O)C(F)(F)F.O=C(O)C(F)(F)F. The first-order valence-corrected chi connectivity index (χ1v) is 12.5. The molecule has 0 aliphatic rings. The smallest absolute Gasteiger partial charge is 0.475 e. The van der Waals surface area contributed by atoms with E-state index >= 15 is 0 Å². The predicted octanol–water partition coefficient (Wildman–Crippen LogP) is 5.91. The first-order valence-electron chi connectivity index (χ1n) is 12.5. The number of pyridine rings is 2. The van der Waals surface area contributed by atoms with Crippen molar-refractivity contribution >= 4 is 56.8 Å². The van der Waals surface area contributed by atoms with E-state index in [2.05, 4.69) is 32.7 Å². The average Bonchev–Trinajstić information content (AvgIpc) is 2.91. The fourth-order valence-electron chi connectivity index (χ4n) is 3.56. The molecule has 0 fully saturated rings.